The van der Waals surface area contributed by atoms with Crippen molar-refractivity contribution in [2.75, 3.05) is 19.6 Å². The Kier molecular flexibility index (Phi) is 2.74. The molecule has 1 fully saturated rings. The van der Waals surface area contributed by atoms with E-state index in [1.54, 1.807) is 6.08 Å². The van der Waals surface area contributed by atoms with Gasteiger partial charge in [-0.3, -0.25) is 0 Å². The summed E-state index contributed by atoms with van der Waals surface area (Å²) in [5.41, 5.74) is 3.19. The van der Waals surface area contributed by atoms with E-state index in [1.807, 2.05) is 6.20 Å². The lowest BCUT2D eigenvalue weighted by atomic mass is 9.84. The van der Waals surface area contributed by atoms with Crippen molar-refractivity contribution in [3.63, 3.8) is 0 Å². The van der Waals surface area contributed by atoms with Gasteiger partial charge in [-0.1, -0.05) is 12.2 Å². The van der Waals surface area contributed by atoms with Crippen molar-refractivity contribution in [3.8, 4) is 0 Å². The number of alkyl halides is 2. The first-order valence-electron chi connectivity index (χ1n) is 6.13. The predicted molar refractivity (Wildman–Crippen MR) is 62.6 cm³/mol. The van der Waals surface area contributed by atoms with Crippen molar-refractivity contribution < 1.29 is 8.78 Å². The molecule has 4 heteroatoms. The Hall–Kier alpha value is -1.16. The molecule has 0 amide bonds. The lowest BCUT2D eigenvalue weighted by molar-refractivity contribution is 0.110. The van der Waals surface area contributed by atoms with E-state index in [9.17, 15) is 8.78 Å². The van der Waals surface area contributed by atoms with Crippen molar-refractivity contribution in [2.45, 2.75) is 19.3 Å². The molecule has 2 aliphatic heterocycles. The Morgan fingerprint density at radius 2 is 2.29 bits per heavy atom. The first kappa shape index (κ1) is 11.0. The largest absolute Gasteiger partial charge is 0.347 e. The molecule has 92 valence electrons. The zero-order valence-corrected chi connectivity index (χ0v) is 9.63. The molecule has 0 aromatic carbocycles. The van der Waals surface area contributed by atoms with Crippen molar-refractivity contribution >= 4 is 0 Å². The van der Waals surface area contributed by atoms with Gasteiger partial charge >= 0.3 is 0 Å². The van der Waals surface area contributed by atoms with Crippen LogP contribution in [0.3, 0.4) is 0 Å². The summed E-state index contributed by atoms with van der Waals surface area (Å²) in [6.07, 6.45) is 5.06. The smallest absolute Gasteiger partial charge is 0.248 e. The lowest BCUT2D eigenvalue weighted by Gasteiger charge is -2.35. The average molecular weight is 238 g/mol. The number of hydrogen-bond donors (Lipinski definition) is 1. The third kappa shape index (κ3) is 1.80. The summed E-state index contributed by atoms with van der Waals surface area (Å²) >= 11 is 0. The maximum absolute atomic E-state index is 13.0. The average Bonchev–Trinajstić information content (AvgIpc) is 2.54. The van der Waals surface area contributed by atoms with Crippen LogP contribution in [0.15, 0.2) is 35.2 Å². The molecule has 1 aliphatic carbocycles. The zero-order chi connectivity index (χ0) is 11.8. The summed E-state index contributed by atoms with van der Waals surface area (Å²) < 4.78 is 26.1. The summed E-state index contributed by atoms with van der Waals surface area (Å²) in [4.78, 5) is 2.12. The molecule has 2 nitrogen and oxygen atoms in total. The van der Waals surface area contributed by atoms with E-state index in [0.29, 0.717) is 0 Å². The molecule has 0 bridgehead atoms. The molecule has 3 rings (SSSR count). The Bertz CT molecular complexity index is 410. The fourth-order valence-electron chi connectivity index (χ4n) is 2.90. The van der Waals surface area contributed by atoms with Crippen molar-refractivity contribution in [3.05, 3.63) is 35.2 Å². The monoisotopic (exact) mass is 238 g/mol. The van der Waals surface area contributed by atoms with E-state index in [1.165, 1.54) is 5.57 Å². The van der Waals surface area contributed by atoms with E-state index >= 15 is 0 Å². The number of rotatable bonds is 1. The highest BCUT2D eigenvalue weighted by Gasteiger charge is 2.33. The number of hydrogen-bond acceptors (Lipinski definition) is 2. The highest BCUT2D eigenvalue weighted by molar-refractivity contribution is 5.44. The highest BCUT2D eigenvalue weighted by Crippen LogP contribution is 2.39. The van der Waals surface area contributed by atoms with E-state index in [-0.39, 0.29) is 0 Å². The summed E-state index contributed by atoms with van der Waals surface area (Å²) in [5.74, 6) is -0.678. The van der Waals surface area contributed by atoms with Crippen LogP contribution < -0.4 is 5.32 Å². The van der Waals surface area contributed by atoms with Gasteiger partial charge in [0.1, 0.15) is 0 Å². The Morgan fingerprint density at radius 1 is 1.41 bits per heavy atom. The van der Waals surface area contributed by atoms with Crippen LogP contribution in [0.5, 0.6) is 0 Å². The predicted octanol–water partition coefficient (Wildman–Crippen LogP) is 2.27. The molecular weight excluding hydrogens is 222 g/mol. The number of allylic oxidation sites excluding steroid dienone is 3. The van der Waals surface area contributed by atoms with E-state index in [0.717, 1.165) is 43.7 Å². The standard InChI is InChI=1S/C13H16F2N2/c14-13(15)11-4-6-17-7-5-16-8-9-2-1-3-10(11)12(9)17/h2,4,6,11,13,16H,1,3,5,7-8H2. The van der Waals surface area contributed by atoms with Gasteiger partial charge in [0.25, 0.3) is 0 Å². The summed E-state index contributed by atoms with van der Waals surface area (Å²) in [6, 6.07) is 0. The number of nitrogens with one attached hydrogen (secondary N) is 1. The van der Waals surface area contributed by atoms with Crippen LogP contribution in [-0.2, 0) is 0 Å². The maximum atomic E-state index is 13.0. The molecule has 1 atom stereocenters. The van der Waals surface area contributed by atoms with Gasteiger partial charge in [0, 0.05) is 31.5 Å². The van der Waals surface area contributed by atoms with Gasteiger partial charge in [0.05, 0.1) is 5.92 Å². The number of halogens is 2. The quantitative estimate of drug-likeness (QED) is 0.754. The van der Waals surface area contributed by atoms with Gasteiger partial charge in [0.2, 0.25) is 6.43 Å². The number of nitrogens with zero attached hydrogens (tertiary/aromatic N) is 1. The van der Waals surface area contributed by atoms with Crippen LogP contribution >= 0.6 is 0 Å². The van der Waals surface area contributed by atoms with Crippen LogP contribution in [0.25, 0.3) is 0 Å². The van der Waals surface area contributed by atoms with Gasteiger partial charge in [0.15, 0.2) is 0 Å². The normalized spacial score (nSPS) is 28.1. The second-order valence-electron chi connectivity index (χ2n) is 4.71. The third-order valence-corrected chi connectivity index (χ3v) is 3.69. The maximum Gasteiger partial charge on any atom is 0.248 e. The Labute approximate surface area is 99.7 Å². The first-order valence-corrected chi connectivity index (χ1v) is 6.13. The molecule has 2 heterocycles. The highest BCUT2D eigenvalue weighted by atomic mass is 19.3. The van der Waals surface area contributed by atoms with Crippen LogP contribution in [-0.4, -0.2) is 31.0 Å². The topological polar surface area (TPSA) is 15.3 Å². The van der Waals surface area contributed by atoms with Crippen LogP contribution in [0, 0.1) is 5.92 Å². The van der Waals surface area contributed by atoms with Crippen molar-refractivity contribution in [1.29, 1.82) is 0 Å². The van der Waals surface area contributed by atoms with Crippen LogP contribution in [0.4, 0.5) is 8.78 Å². The fraction of sp³-hybridized carbons (Fsp3) is 0.538. The first-order chi connectivity index (χ1) is 8.27. The Balaban J connectivity index is 2.04. The third-order valence-electron chi connectivity index (χ3n) is 3.69. The van der Waals surface area contributed by atoms with E-state index in [2.05, 4.69) is 16.3 Å². The van der Waals surface area contributed by atoms with E-state index < -0.39 is 12.3 Å². The SMILES string of the molecule is FC(F)C1C=CN2CCNCC3=CCCC1=C32. The minimum Gasteiger partial charge on any atom is -0.347 e. The molecule has 17 heavy (non-hydrogen) atoms. The molecule has 1 unspecified atom stereocenters. The molecule has 0 spiro atoms. The minimum absolute atomic E-state index is 0.678. The summed E-state index contributed by atoms with van der Waals surface area (Å²) in [5, 5.41) is 3.34. The van der Waals surface area contributed by atoms with Gasteiger partial charge in [-0.25, -0.2) is 8.78 Å². The fourth-order valence-corrected chi connectivity index (χ4v) is 2.90. The second kappa shape index (κ2) is 4.26. The minimum atomic E-state index is -2.29. The van der Waals surface area contributed by atoms with Gasteiger partial charge in [-0.2, -0.15) is 0 Å². The molecule has 1 saturated heterocycles. The molecule has 0 aromatic rings. The molecule has 0 saturated carbocycles. The lowest BCUT2D eigenvalue weighted by Crippen LogP contribution is -2.30. The molecule has 0 aromatic heterocycles. The Morgan fingerprint density at radius 3 is 3.12 bits per heavy atom. The summed E-state index contributed by atoms with van der Waals surface area (Å²) in [6.45, 7) is 2.57. The van der Waals surface area contributed by atoms with Crippen molar-refractivity contribution in [1.82, 2.24) is 10.2 Å². The van der Waals surface area contributed by atoms with Gasteiger partial charge < -0.3 is 10.2 Å². The van der Waals surface area contributed by atoms with Crippen LogP contribution in [0.1, 0.15) is 12.8 Å². The van der Waals surface area contributed by atoms with Gasteiger partial charge in [-0.15, -0.1) is 0 Å². The molecule has 1 N–H and O–H groups in total. The molecular formula is C13H16F2N2. The van der Waals surface area contributed by atoms with Crippen molar-refractivity contribution in [2.24, 2.45) is 5.92 Å². The zero-order valence-electron chi connectivity index (χ0n) is 9.63. The van der Waals surface area contributed by atoms with Gasteiger partial charge in [-0.05, 0) is 24.0 Å². The van der Waals surface area contributed by atoms with Crippen LogP contribution in [0.2, 0.25) is 0 Å². The summed E-state index contributed by atoms with van der Waals surface area (Å²) in [7, 11) is 0. The van der Waals surface area contributed by atoms with E-state index in [4.69, 9.17) is 0 Å². The second-order valence-corrected chi connectivity index (χ2v) is 4.71. The molecule has 0 radical (unpaired) electrons. The molecule has 3 aliphatic rings.